The molecule has 1 atom stereocenters. The monoisotopic (exact) mass is 385 g/mol. The second kappa shape index (κ2) is 7.18. The smallest absolute Gasteiger partial charge is 0.282 e. The Hall–Kier alpha value is -3.62. The van der Waals surface area contributed by atoms with E-state index in [2.05, 4.69) is 0 Å². The molecule has 0 unspecified atom stereocenters. The van der Waals surface area contributed by atoms with Gasteiger partial charge in [0.2, 0.25) is 5.91 Å². The number of amides is 3. The van der Waals surface area contributed by atoms with Crippen LogP contribution in [0.25, 0.3) is 0 Å². The van der Waals surface area contributed by atoms with E-state index in [-0.39, 0.29) is 17.7 Å². The summed E-state index contributed by atoms with van der Waals surface area (Å²) >= 11 is 0. The number of nitro benzene ring substituents is 1. The van der Waals surface area contributed by atoms with Gasteiger partial charge in [0.25, 0.3) is 17.5 Å². The van der Waals surface area contributed by atoms with Crippen molar-refractivity contribution < 1.29 is 23.7 Å². The fourth-order valence-corrected chi connectivity index (χ4v) is 3.16. The number of nitro groups is 1. The van der Waals surface area contributed by atoms with Crippen molar-refractivity contribution in [3.63, 3.8) is 0 Å². The van der Waals surface area contributed by atoms with E-state index in [0.717, 1.165) is 11.0 Å². The van der Waals surface area contributed by atoms with E-state index in [4.69, 9.17) is 0 Å². The highest BCUT2D eigenvalue weighted by Gasteiger charge is 2.45. The van der Waals surface area contributed by atoms with Gasteiger partial charge in [0, 0.05) is 19.7 Å². The molecule has 2 aromatic carbocycles. The number of likely N-dealkylation sites (N-methyl/N-ethyl adjacent to an activating group) is 1. The number of nitrogens with zero attached hydrogens (tertiary/aromatic N) is 3. The predicted octanol–water partition coefficient (Wildman–Crippen LogP) is 2.38. The van der Waals surface area contributed by atoms with Crippen LogP contribution in [0.2, 0.25) is 0 Å². The van der Waals surface area contributed by atoms with Gasteiger partial charge in [0.1, 0.15) is 17.4 Å². The molecule has 3 rings (SSSR count). The Balaban J connectivity index is 1.83. The number of benzene rings is 2. The molecule has 0 N–H and O–H groups in total. The summed E-state index contributed by atoms with van der Waals surface area (Å²) in [5, 5.41) is 11.2. The van der Waals surface area contributed by atoms with Gasteiger partial charge in [0.05, 0.1) is 10.5 Å². The molecule has 3 amide bonds. The van der Waals surface area contributed by atoms with Crippen molar-refractivity contribution in [2.24, 2.45) is 0 Å². The first kappa shape index (κ1) is 19.2. The predicted molar refractivity (Wildman–Crippen MR) is 95.9 cm³/mol. The van der Waals surface area contributed by atoms with Crippen molar-refractivity contribution in [2.75, 3.05) is 7.05 Å². The van der Waals surface area contributed by atoms with Gasteiger partial charge in [0.15, 0.2) is 0 Å². The van der Waals surface area contributed by atoms with Crippen LogP contribution in [0, 0.1) is 15.9 Å². The molecule has 0 radical (unpaired) electrons. The van der Waals surface area contributed by atoms with Gasteiger partial charge < -0.3 is 4.90 Å². The molecule has 0 aromatic heterocycles. The molecular weight excluding hydrogens is 369 g/mol. The largest absolute Gasteiger partial charge is 0.340 e. The second-order valence-electron chi connectivity index (χ2n) is 6.43. The number of imide groups is 1. The van der Waals surface area contributed by atoms with Crippen LogP contribution in [0.1, 0.15) is 33.2 Å². The van der Waals surface area contributed by atoms with Crippen molar-refractivity contribution in [1.29, 1.82) is 0 Å². The van der Waals surface area contributed by atoms with E-state index in [9.17, 15) is 28.9 Å². The average Bonchev–Trinajstić information content (AvgIpc) is 2.93. The van der Waals surface area contributed by atoms with Crippen LogP contribution in [0.5, 0.6) is 0 Å². The number of carbonyl (C=O) groups excluding carboxylic acids is 3. The third-order valence-electron chi connectivity index (χ3n) is 4.57. The zero-order valence-corrected chi connectivity index (χ0v) is 15.1. The van der Waals surface area contributed by atoms with Crippen molar-refractivity contribution in [2.45, 2.75) is 19.5 Å². The zero-order chi connectivity index (χ0) is 20.6. The van der Waals surface area contributed by atoms with Crippen LogP contribution >= 0.6 is 0 Å². The molecule has 1 heterocycles. The number of carbonyl (C=O) groups is 3. The fraction of sp³-hybridized carbons (Fsp3) is 0.211. The number of hydrogen-bond acceptors (Lipinski definition) is 5. The highest BCUT2D eigenvalue weighted by atomic mass is 19.1. The first-order valence-corrected chi connectivity index (χ1v) is 8.37. The normalized spacial score (nSPS) is 14.0. The molecule has 9 heteroatoms. The highest BCUT2D eigenvalue weighted by Crippen LogP contribution is 2.32. The maximum absolute atomic E-state index is 13.0. The fourth-order valence-electron chi connectivity index (χ4n) is 3.16. The molecule has 0 fully saturated rings. The lowest BCUT2D eigenvalue weighted by molar-refractivity contribution is -0.385. The maximum Gasteiger partial charge on any atom is 0.282 e. The summed E-state index contributed by atoms with van der Waals surface area (Å²) in [6.45, 7) is 1.53. The van der Waals surface area contributed by atoms with E-state index in [1.165, 1.54) is 55.3 Å². The minimum absolute atomic E-state index is 0.0972. The molecule has 2 aromatic rings. The summed E-state index contributed by atoms with van der Waals surface area (Å²) in [7, 11) is 1.49. The molecular formula is C19H16FN3O5. The topological polar surface area (TPSA) is 101 Å². The lowest BCUT2D eigenvalue weighted by atomic mass is 10.1. The van der Waals surface area contributed by atoms with Crippen molar-refractivity contribution in [1.82, 2.24) is 9.80 Å². The number of rotatable bonds is 5. The molecule has 1 aliphatic heterocycles. The molecule has 0 saturated carbocycles. The molecule has 0 saturated heterocycles. The molecule has 0 bridgehead atoms. The van der Waals surface area contributed by atoms with E-state index >= 15 is 0 Å². The summed E-state index contributed by atoms with van der Waals surface area (Å²) in [6.07, 6.45) is 0. The lowest BCUT2D eigenvalue weighted by Crippen LogP contribution is -2.48. The van der Waals surface area contributed by atoms with Gasteiger partial charge in [-0.2, -0.15) is 0 Å². The Morgan fingerprint density at radius 2 is 1.82 bits per heavy atom. The van der Waals surface area contributed by atoms with E-state index in [0.29, 0.717) is 5.56 Å². The Bertz CT molecular complexity index is 990. The Morgan fingerprint density at radius 3 is 2.43 bits per heavy atom. The first-order valence-electron chi connectivity index (χ1n) is 8.37. The van der Waals surface area contributed by atoms with Crippen molar-refractivity contribution >= 4 is 23.4 Å². The van der Waals surface area contributed by atoms with Crippen LogP contribution in [-0.2, 0) is 11.3 Å². The van der Waals surface area contributed by atoms with E-state index in [1.54, 1.807) is 0 Å². The summed E-state index contributed by atoms with van der Waals surface area (Å²) in [5.74, 6) is -2.55. The first-order chi connectivity index (χ1) is 13.2. The van der Waals surface area contributed by atoms with E-state index in [1.807, 2.05) is 0 Å². The molecule has 144 valence electrons. The van der Waals surface area contributed by atoms with Gasteiger partial charge in [-0.1, -0.05) is 18.2 Å². The minimum Gasteiger partial charge on any atom is -0.340 e. The summed E-state index contributed by atoms with van der Waals surface area (Å²) in [5.41, 5.74) is -0.210. The Kier molecular flexibility index (Phi) is 4.91. The second-order valence-corrected chi connectivity index (χ2v) is 6.43. The van der Waals surface area contributed by atoms with Crippen LogP contribution in [0.15, 0.2) is 42.5 Å². The summed E-state index contributed by atoms with van der Waals surface area (Å²) in [6, 6.07) is 8.20. The van der Waals surface area contributed by atoms with Gasteiger partial charge in [-0.25, -0.2) is 4.39 Å². The number of hydrogen-bond donors (Lipinski definition) is 0. The molecule has 8 nitrogen and oxygen atoms in total. The number of halogens is 1. The SMILES string of the molecule is C[C@@H](C(=O)N(C)Cc1ccc(F)cc1)N1C(=O)c2cccc([N+](=O)[O-])c2C1=O. The van der Waals surface area contributed by atoms with Crippen molar-refractivity contribution in [3.8, 4) is 0 Å². The number of fused-ring (bicyclic) bond motifs is 1. The lowest BCUT2D eigenvalue weighted by Gasteiger charge is -2.26. The summed E-state index contributed by atoms with van der Waals surface area (Å²) in [4.78, 5) is 50.5. The molecule has 0 spiro atoms. The van der Waals surface area contributed by atoms with Gasteiger partial charge in [-0.05, 0) is 30.7 Å². The third kappa shape index (κ3) is 3.22. The molecule has 0 aliphatic carbocycles. The van der Waals surface area contributed by atoms with E-state index < -0.39 is 40.2 Å². The minimum atomic E-state index is -1.16. The van der Waals surface area contributed by atoms with Crippen LogP contribution < -0.4 is 0 Å². The molecule has 28 heavy (non-hydrogen) atoms. The Morgan fingerprint density at radius 1 is 1.18 bits per heavy atom. The van der Waals surface area contributed by atoms with Gasteiger partial charge in [-0.15, -0.1) is 0 Å². The average molecular weight is 385 g/mol. The van der Waals surface area contributed by atoms with Crippen LogP contribution in [0.4, 0.5) is 10.1 Å². The van der Waals surface area contributed by atoms with Crippen LogP contribution in [0.3, 0.4) is 0 Å². The standard InChI is InChI=1S/C19H16FN3O5/c1-11(17(24)21(2)10-12-6-8-13(20)9-7-12)22-18(25)14-4-3-5-15(23(27)28)16(14)19(22)26/h3-9,11H,10H2,1-2H3/t11-/m0/s1. The Labute approximate surface area is 159 Å². The van der Waals surface area contributed by atoms with Gasteiger partial charge >= 0.3 is 0 Å². The zero-order valence-electron chi connectivity index (χ0n) is 15.1. The third-order valence-corrected chi connectivity index (χ3v) is 4.57. The van der Waals surface area contributed by atoms with Gasteiger partial charge in [-0.3, -0.25) is 29.4 Å². The van der Waals surface area contributed by atoms with Crippen molar-refractivity contribution in [3.05, 3.63) is 75.1 Å². The summed E-state index contributed by atoms with van der Waals surface area (Å²) < 4.78 is 13.0. The van der Waals surface area contributed by atoms with Crippen LogP contribution in [-0.4, -0.2) is 45.5 Å². The maximum atomic E-state index is 13.0. The quantitative estimate of drug-likeness (QED) is 0.447. The highest BCUT2D eigenvalue weighted by molar-refractivity contribution is 6.24. The molecule has 1 aliphatic rings.